The number of phosphoric ester groups is 1. The molecule has 0 bridgehead atoms. The van der Waals surface area contributed by atoms with E-state index in [9.17, 15) is 19.0 Å². The predicted molar refractivity (Wildman–Crippen MR) is 231 cm³/mol. The highest BCUT2D eigenvalue weighted by molar-refractivity contribution is 7.45. The number of carbonyl (C=O) groups excluding carboxylic acids is 2. The van der Waals surface area contributed by atoms with Gasteiger partial charge in [-0.1, -0.05) is 125 Å². The summed E-state index contributed by atoms with van der Waals surface area (Å²) in [6.45, 7) is 4.03. The van der Waals surface area contributed by atoms with E-state index in [1.165, 1.54) is 44.9 Å². The summed E-state index contributed by atoms with van der Waals surface area (Å²) >= 11 is 0. The van der Waals surface area contributed by atoms with E-state index in [4.69, 9.17) is 18.5 Å². The van der Waals surface area contributed by atoms with Gasteiger partial charge in [0.1, 0.15) is 19.8 Å². The van der Waals surface area contributed by atoms with Crippen molar-refractivity contribution in [3.05, 3.63) is 85.1 Å². The van der Waals surface area contributed by atoms with Crippen LogP contribution < -0.4 is 4.89 Å². The molecule has 0 N–H and O–H groups in total. The number of hydrogen-bond donors (Lipinski definition) is 0. The maximum absolute atomic E-state index is 12.6. The zero-order chi connectivity index (χ0) is 41.4. The SMILES string of the molecule is CCCCC/C=C\C/C=C\C/C=C\C/C=C\CCCC(=O)OC[C@H](COP(=O)([O-])OCC[N+](C)(C)C)OC(=O)CCCC/C=C\C/C=C\C/C=C\CCCCC. The van der Waals surface area contributed by atoms with Gasteiger partial charge in [0, 0.05) is 12.8 Å². The zero-order valence-electron chi connectivity index (χ0n) is 35.8. The zero-order valence-corrected chi connectivity index (χ0v) is 36.7. The lowest BCUT2D eigenvalue weighted by Crippen LogP contribution is -2.37. The second-order valence-electron chi connectivity index (χ2n) is 15.0. The van der Waals surface area contributed by atoms with Crippen LogP contribution >= 0.6 is 7.82 Å². The van der Waals surface area contributed by atoms with Crippen molar-refractivity contribution in [3.63, 3.8) is 0 Å². The average Bonchev–Trinajstić information content (AvgIpc) is 3.15. The topological polar surface area (TPSA) is 111 Å². The first-order valence-electron chi connectivity index (χ1n) is 21.3. The Morgan fingerprint density at radius 1 is 0.554 bits per heavy atom. The lowest BCUT2D eigenvalue weighted by Gasteiger charge is -2.28. The third-order valence-electron chi connectivity index (χ3n) is 8.39. The first-order chi connectivity index (χ1) is 27.0. The van der Waals surface area contributed by atoms with Crippen molar-refractivity contribution in [1.82, 2.24) is 0 Å². The summed E-state index contributed by atoms with van der Waals surface area (Å²) in [7, 11) is 1.10. The third-order valence-corrected chi connectivity index (χ3v) is 9.35. The molecule has 0 aromatic carbocycles. The van der Waals surface area contributed by atoms with E-state index in [1.807, 2.05) is 27.2 Å². The Bertz CT molecular complexity index is 1230. The van der Waals surface area contributed by atoms with Gasteiger partial charge in [0.2, 0.25) is 0 Å². The maximum atomic E-state index is 12.6. The Hall–Kier alpha value is -2.81. The fraction of sp³-hybridized carbons (Fsp3) is 0.652. The molecule has 0 radical (unpaired) electrons. The molecule has 0 saturated carbocycles. The molecule has 0 amide bonds. The van der Waals surface area contributed by atoms with Gasteiger partial charge in [0.25, 0.3) is 7.82 Å². The van der Waals surface area contributed by atoms with Crippen molar-refractivity contribution >= 4 is 19.8 Å². The molecule has 320 valence electrons. The number of esters is 2. The molecule has 0 aromatic rings. The van der Waals surface area contributed by atoms with Gasteiger partial charge in [-0.25, -0.2) is 0 Å². The number of likely N-dealkylation sites (N-methyl/N-ethyl adjacent to an activating group) is 1. The molecule has 2 atom stereocenters. The molecule has 0 heterocycles. The van der Waals surface area contributed by atoms with Crippen LogP contribution in [0.15, 0.2) is 85.1 Å². The number of unbranched alkanes of at least 4 members (excludes halogenated alkanes) is 9. The van der Waals surface area contributed by atoms with Crippen LogP contribution in [0.5, 0.6) is 0 Å². The van der Waals surface area contributed by atoms with Crippen LogP contribution in [0.4, 0.5) is 0 Å². The minimum atomic E-state index is -4.65. The highest BCUT2D eigenvalue weighted by Crippen LogP contribution is 2.38. The quantitative estimate of drug-likeness (QED) is 0.0201. The first kappa shape index (κ1) is 53.2. The summed E-state index contributed by atoms with van der Waals surface area (Å²) in [5.74, 6) is -0.955. The Labute approximate surface area is 341 Å². The monoisotopic (exact) mass is 804 g/mol. The largest absolute Gasteiger partial charge is 0.756 e. The van der Waals surface area contributed by atoms with Gasteiger partial charge in [0.05, 0.1) is 27.7 Å². The van der Waals surface area contributed by atoms with Gasteiger partial charge in [-0.2, -0.15) is 0 Å². The maximum Gasteiger partial charge on any atom is 0.306 e. The first-order valence-corrected chi connectivity index (χ1v) is 22.8. The van der Waals surface area contributed by atoms with Crippen LogP contribution in [0, 0.1) is 0 Å². The third kappa shape index (κ3) is 40.8. The standard InChI is InChI=1S/C46H78NO8P/c1-6-8-10-12-14-16-18-20-22-23-25-26-28-30-32-34-36-38-45(48)52-42-44(43-54-56(50,51)53-41-40-47(3,4)5)55-46(49)39-37-35-33-31-29-27-24-21-19-17-15-13-11-9-7-2/h14-17,20-22,24-26,29-32,44H,6-13,18-19,23,27-28,33-43H2,1-5H3/b16-14-,17-15-,22-20-,24-21-,26-25-,31-29-,32-30-/t44-/m1/s1. The van der Waals surface area contributed by atoms with Gasteiger partial charge in [-0.05, 0) is 89.9 Å². The minimum Gasteiger partial charge on any atom is -0.756 e. The van der Waals surface area contributed by atoms with Crippen LogP contribution in [0.2, 0.25) is 0 Å². The Balaban J connectivity index is 4.57. The number of allylic oxidation sites excluding steroid dienone is 14. The number of nitrogens with zero attached hydrogens (tertiary/aromatic N) is 1. The smallest absolute Gasteiger partial charge is 0.306 e. The molecular weight excluding hydrogens is 725 g/mol. The molecule has 10 heteroatoms. The van der Waals surface area contributed by atoms with E-state index in [0.717, 1.165) is 57.8 Å². The summed E-state index contributed by atoms with van der Waals surface area (Å²) in [5, 5.41) is 0. The van der Waals surface area contributed by atoms with Gasteiger partial charge >= 0.3 is 11.9 Å². The fourth-order valence-electron chi connectivity index (χ4n) is 5.00. The summed E-state index contributed by atoms with van der Waals surface area (Å²) < 4.78 is 33.7. The van der Waals surface area contributed by atoms with E-state index in [1.54, 1.807) is 0 Å². The van der Waals surface area contributed by atoms with Crippen LogP contribution in [0.25, 0.3) is 0 Å². The van der Waals surface area contributed by atoms with Crippen LogP contribution in [-0.4, -0.2) is 70.0 Å². The minimum absolute atomic E-state index is 0.0512. The van der Waals surface area contributed by atoms with Gasteiger partial charge in [0.15, 0.2) is 6.10 Å². The Morgan fingerprint density at radius 2 is 0.964 bits per heavy atom. The Morgan fingerprint density at radius 3 is 1.41 bits per heavy atom. The lowest BCUT2D eigenvalue weighted by molar-refractivity contribution is -0.870. The molecule has 0 aliphatic rings. The van der Waals surface area contributed by atoms with E-state index in [0.29, 0.717) is 23.9 Å². The number of carbonyl (C=O) groups is 2. The molecule has 0 aromatic heterocycles. The number of ether oxygens (including phenoxy) is 2. The van der Waals surface area contributed by atoms with Gasteiger partial charge in [-0.3, -0.25) is 14.2 Å². The second kappa shape index (κ2) is 37.7. The predicted octanol–water partition coefficient (Wildman–Crippen LogP) is 11.4. The number of rotatable bonds is 37. The molecule has 0 aliphatic carbocycles. The molecular formula is C46H78NO8P. The normalized spacial score (nSPS) is 14.5. The van der Waals surface area contributed by atoms with E-state index >= 15 is 0 Å². The highest BCUT2D eigenvalue weighted by Gasteiger charge is 2.21. The average molecular weight is 804 g/mol. The molecule has 0 aliphatic heterocycles. The summed E-state index contributed by atoms with van der Waals surface area (Å²) in [6.07, 6.45) is 47.6. The molecule has 1 unspecified atom stereocenters. The molecule has 0 spiro atoms. The summed E-state index contributed by atoms with van der Waals surface area (Å²) in [6, 6.07) is 0. The van der Waals surface area contributed by atoms with E-state index < -0.39 is 32.5 Å². The highest BCUT2D eigenvalue weighted by atomic mass is 31.2. The van der Waals surface area contributed by atoms with Crippen molar-refractivity contribution < 1.29 is 42.1 Å². The molecule has 56 heavy (non-hydrogen) atoms. The number of quaternary nitrogens is 1. The van der Waals surface area contributed by atoms with Crippen molar-refractivity contribution in [2.75, 3.05) is 47.5 Å². The van der Waals surface area contributed by atoms with E-state index in [-0.39, 0.29) is 26.1 Å². The summed E-state index contributed by atoms with van der Waals surface area (Å²) in [4.78, 5) is 37.4. The van der Waals surface area contributed by atoms with Crippen molar-refractivity contribution in [3.8, 4) is 0 Å². The summed E-state index contributed by atoms with van der Waals surface area (Å²) in [5.41, 5.74) is 0. The van der Waals surface area contributed by atoms with Crippen molar-refractivity contribution in [2.24, 2.45) is 0 Å². The van der Waals surface area contributed by atoms with Crippen molar-refractivity contribution in [1.29, 1.82) is 0 Å². The number of phosphoric acid groups is 1. The second-order valence-corrected chi connectivity index (χ2v) is 16.4. The van der Waals surface area contributed by atoms with Crippen LogP contribution in [0.1, 0.15) is 142 Å². The number of hydrogen-bond acceptors (Lipinski definition) is 8. The fourth-order valence-corrected chi connectivity index (χ4v) is 5.73. The van der Waals surface area contributed by atoms with Crippen molar-refractivity contribution in [2.45, 2.75) is 148 Å². The molecule has 0 saturated heterocycles. The van der Waals surface area contributed by atoms with Crippen LogP contribution in [-0.2, 0) is 32.7 Å². The molecule has 0 rings (SSSR count). The van der Waals surface area contributed by atoms with Crippen LogP contribution in [0.3, 0.4) is 0 Å². The van der Waals surface area contributed by atoms with Gasteiger partial charge < -0.3 is 27.9 Å². The van der Waals surface area contributed by atoms with Gasteiger partial charge in [-0.15, -0.1) is 0 Å². The molecule has 9 nitrogen and oxygen atoms in total. The molecule has 0 fully saturated rings. The van der Waals surface area contributed by atoms with E-state index in [2.05, 4.69) is 92.8 Å². The Kier molecular flexibility index (Phi) is 35.9. The lowest BCUT2D eigenvalue weighted by atomic mass is 10.1.